The van der Waals surface area contributed by atoms with Gasteiger partial charge in [0, 0.05) is 6.54 Å². The summed E-state index contributed by atoms with van der Waals surface area (Å²) in [4.78, 5) is 20.5. The number of nitrogens with one attached hydrogen (secondary N) is 1. The molecular weight excluding hydrogens is 166 g/mol. The van der Waals surface area contributed by atoms with E-state index in [1.165, 1.54) is 32.1 Å². The van der Waals surface area contributed by atoms with Crippen LogP contribution in [0.2, 0.25) is 0 Å². The Kier molecular flexibility index (Phi) is 4.50. The highest BCUT2D eigenvalue weighted by Gasteiger charge is 2.12. The van der Waals surface area contributed by atoms with E-state index in [-0.39, 0.29) is 0 Å². The zero-order chi connectivity index (χ0) is 9.52. The maximum absolute atomic E-state index is 10.6. The average molecular weight is 183 g/mol. The van der Waals surface area contributed by atoms with Gasteiger partial charge in [0.25, 0.3) is 5.91 Å². The Bertz CT molecular complexity index is 174. The van der Waals surface area contributed by atoms with Crippen LogP contribution in [0.3, 0.4) is 0 Å². The molecule has 1 N–H and O–H groups in total. The Hall–Kier alpha value is -0.860. The van der Waals surface area contributed by atoms with Gasteiger partial charge in [0.05, 0.1) is 0 Å². The van der Waals surface area contributed by atoms with Gasteiger partial charge >= 0.3 is 0 Å². The van der Waals surface area contributed by atoms with Crippen LogP contribution in [0.1, 0.15) is 38.5 Å². The van der Waals surface area contributed by atoms with Crippen LogP contribution in [0.25, 0.3) is 0 Å². The Morgan fingerprint density at radius 2 is 2.00 bits per heavy atom. The van der Waals surface area contributed by atoms with E-state index in [2.05, 4.69) is 5.32 Å². The van der Waals surface area contributed by atoms with Crippen LogP contribution >= 0.6 is 0 Å². The Balaban J connectivity index is 2.04. The van der Waals surface area contributed by atoms with Gasteiger partial charge < -0.3 is 5.32 Å². The SMILES string of the molecule is O=CC(=O)NCCC1CCCCC1. The van der Waals surface area contributed by atoms with Crippen molar-refractivity contribution >= 4 is 12.2 Å². The normalized spacial score (nSPS) is 18.2. The third-order valence-corrected chi connectivity index (χ3v) is 2.68. The molecule has 74 valence electrons. The van der Waals surface area contributed by atoms with Crippen LogP contribution in [0, 0.1) is 5.92 Å². The van der Waals surface area contributed by atoms with Crippen molar-refractivity contribution in [1.82, 2.24) is 5.32 Å². The molecule has 3 nitrogen and oxygen atoms in total. The first-order valence-electron chi connectivity index (χ1n) is 5.06. The summed E-state index contributed by atoms with van der Waals surface area (Å²) in [7, 11) is 0. The molecule has 0 aromatic carbocycles. The lowest BCUT2D eigenvalue weighted by Crippen LogP contribution is -2.26. The minimum Gasteiger partial charge on any atom is -0.350 e. The van der Waals surface area contributed by atoms with Gasteiger partial charge in [-0.15, -0.1) is 0 Å². The molecule has 0 aromatic rings. The van der Waals surface area contributed by atoms with E-state index in [9.17, 15) is 9.59 Å². The van der Waals surface area contributed by atoms with Gasteiger partial charge in [-0.05, 0) is 12.3 Å². The van der Waals surface area contributed by atoms with Crippen molar-refractivity contribution in [3.05, 3.63) is 0 Å². The largest absolute Gasteiger partial charge is 0.350 e. The van der Waals surface area contributed by atoms with Gasteiger partial charge in [-0.2, -0.15) is 0 Å². The van der Waals surface area contributed by atoms with Crippen LogP contribution in [0.5, 0.6) is 0 Å². The van der Waals surface area contributed by atoms with E-state index in [1.807, 2.05) is 0 Å². The van der Waals surface area contributed by atoms with Gasteiger partial charge in [-0.3, -0.25) is 9.59 Å². The predicted octanol–water partition coefficient (Wildman–Crippen LogP) is 1.27. The second-order valence-electron chi connectivity index (χ2n) is 3.70. The molecule has 0 unspecified atom stereocenters. The molecule has 13 heavy (non-hydrogen) atoms. The maximum atomic E-state index is 10.6. The number of carbonyl (C=O) groups excluding carboxylic acids is 2. The monoisotopic (exact) mass is 183 g/mol. The van der Waals surface area contributed by atoms with Crippen molar-refractivity contribution in [2.45, 2.75) is 38.5 Å². The minimum atomic E-state index is -0.490. The zero-order valence-electron chi connectivity index (χ0n) is 7.92. The molecule has 0 heterocycles. The molecule has 3 heteroatoms. The molecule has 1 amide bonds. The van der Waals surface area contributed by atoms with Gasteiger partial charge in [-0.1, -0.05) is 32.1 Å². The van der Waals surface area contributed by atoms with E-state index < -0.39 is 5.91 Å². The lowest BCUT2D eigenvalue weighted by molar-refractivity contribution is -0.131. The van der Waals surface area contributed by atoms with Gasteiger partial charge in [-0.25, -0.2) is 0 Å². The van der Waals surface area contributed by atoms with Crippen molar-refractivity contribution in [3.8, 4) is 0 Å². The first-order chi connectivity index (χ1) is 6.33. The average Bonchev–Trinajstić information content (AvgIpc) is 2.19. The van der Waals surface area contributed by atoms with Crippen molar-refractivity contribution in [2.24, 2.45) is 5.92 Å². The smallest absolute Gasteiger partial charge is 0.284 e. The molecule has 0 aliphatic heterocycles. The second-order valence-corrected chi connectivity index (χ2v) is 3.70. The predicted molar refractivity (Wildman–Crippen MR) is 50.3 cm³/mol. The summed E-state index contributed by atoms with van der Waals surface area (Å²) in [5.41, 5.74) is 0. The molecule has 1 saturated carbocycles. The third kappa shape index (κ3) is 4.06. The van der Waals surface area contributed by atoms with Gasteiger partial charge in [0.2, 0.25) is 6.29 Å². The Labute approximate surface area is 78.9 Å². The van der Waals surface area contributed by atoms with E-state index >= 15 is 0 Å². The van der Waals surface area contributed by atoms with E-state index in [0.29, 0.717) is 12.8 Å². The molecule has 1 aliphatic rings. The lowest BCUT2D eigenvalue weighted by atomic mass is 9.87. The third-order valence-electron chi connectivity index (χ3n) is 2.68. The summed E-state index contributed by atoms with van der Waals surface area (Å²) >= 11 is 0. The maximum Gasteiger partial charge on any atom is 0.284 e. The highest BCUT2D eigenvalue weighted by Crippen LogP contribution is 2.25. The molecule has 1 aliphatic carbocycles. The topological polar surface area (TPSA) is 46.2 Å². The Morgan fingerprint density at radius 1 is 1.31 bits per heavy atom. The molecule has 0 bridgehead atoms. The molecule has 0 saturated heterocycles. The van der Waals surface area contributed by atoms with Crippen LogP contribution < -0.4 is 5.32 Å². The summed E-state index contributed by atoms with van der Waals surface area (Å²) in [6.07, 6.45) is 7.95. The van der Waals surface area contributed by atoms with Crippen molar-refractivity contribution in [1.29, 1.82) is 0 Å². The highest BCUT2D eigenvalue weighted by atomic mass is 16.2. The zero-order valence-corrected chi connectivity index (χ0v) is 7.92. The lowest BCUT2D eigenvalue weighted by Gasteiger charge is -2.21. The van der Waals surface area contributed by atoms with Crippen LogP contribution in [-0.4, -0.2) is 18.7 Å². The first-order valence-corrected chi connectivity index (χ1v) is 5.06. The van der Waals surface area contributed by atoms with E-state index in [0.717, 1.165) is 12.3 Å². The first kappa shape index (κ1) is 10.2. The van der Waals surface area contributed by atoms with Gasteiger partial charge in [0.1, 0.15) is 0 Å². The van der Waals surface area contributed by atoms with Gasteiger partial charge in [0.15, 0.2) is 0 Å². The quantitative estimate of drug-likeness (QED) is 0.527. The van der Waals surface area contributed by atoms with E-state index in [4.69, 9.17) is 0 Å². The summed E-state index contributed by atoms with van der Waals surface area (Å²) in [5.74, 6) is 0.275. The number of hydrogen-bond donors (Lipinski definition) is 1. The molecule has 1 fully saturated rings. The highest BCUT2D eigenvalue weighted by molar-refractivity contribution is 6.23. The van der Waals surface area contributed by atoms with Crippen molar-refractivity contribution in [2.75, 3.05) is 6.54 Å². The molecule has 0 spiro atoms. The van der Waals surface area contributed by atoms with Crippen LogP contribution in [-0.2, 0) is 9.59 Å². The number of carbonyl (C=O) groups is 2. The number of rotatable bonds is 4. The van der Waals surface area contributed by atoms with E-state index in [1.54, 1.807) is 0 Å². The van der Waals surface area contributed by atoms with Crippen molar-refractivity contribution in [3.63, 3.8) is 0 Å². The summed E-state index contributed by atoms with van der Waals surface area (Å²) in [6, 6.07) is 0. The fraction of sp³-hybridized carbons (Fsp3) is 0.800. The Morgan fingerprint density at radius 3 is 2.62 bits per heavy atom. The molecule has 0 aromatic heterocycles. The summed E-state index contributed by atoms with van der Waals surface area (Å²) < 4.78 is 0. The van der Waals surface area contributed by atoms with Crippen LogP contribution in [0.15, 0.2) is 0 Å². The number of amides is 1. The standard InChI is InChI=1S/C10H17NO2/c12-8-10(13)11-7-6-9-4-2-1-3-5-9/h8-9H,1-7H2,(H,11,13). The molecule has 0 radical (unpaired) electrons. The number of hydrogen-bond acceptors (Lipinski definition) is 2. The fourth-order valence-electron chi connectivity index (χ4n) is 1.92. The second kappa shape index (κ2) is 5.73. The minimum absolute atomic E-state index is 0.334. The summed E-state index contributed by atoms with van der Waals surface area (Å²) in [5, 5.41) is 2.57. The molecule has 1 rings (SSSR count). The molecule has 0 atom stereocenters. The van der Waals surface area contributed by atoms with Crippen molar-refractivity contribution < 1.29 is 9.59 Å². The molecular formula is C10H17NO2. The van der Waals surface area contributed by atoms with Crippen LogP contribution in [0.4, 0.5) is 0 Å². The number of aldehydes is 1. The fourth-order valence-corrected chi connectivity index (χ4v) is 1.92. The summed E-state index contributed by atoms with van der Waals surface area (Å²) in [6.45, 7) is 0.655.